The molecule has 0 aromatic heterocycles. The first kappa shape index (κ1) is 13.0. The molecule has 0 heterocycles. The lowest BCUT2D eigenvalue weighted by atomic mass is 10.2. The zero-order valence-corrected chi connectivity index (χ0v) is 9.39. The van der Waals surface area contributed by atoms with Gasteiger partial charge in [0.2, 0.25) is 0 Å². The highest BCUT2D eigenvalue weighted by molar-refractivity contribution is 6.37. The van der Waals surface area contributed by atoms with Crippen LogP contribution in [0.4, 0.5) is 0 Å². The van der Waals surface area contributed by atoms with Gasteiger partial charge in [0.15, 0.2) is 0 Å². The van der Waals surface area contributed by atoms with Crippen molar-refractivity contribution in [2.24, 2.45) is 0 Å². The number of carbonyl (C=O) groups is 2. The summed E-state index contributed by atoms with van der Waals surface area (Å²) in [4.78, 5) is 20.9. The number of aliphatic carboxylic acids is 1. The van der Waals surface area contributed by atoms with Gasteiger partial charge in [-0.15, -0.1) is 0 Å². The summed E-state index contributed by atoms with van der Waals surface area (Å²) < 4.78 is 0. The van der Waals surface area contributed by atoms with Crippen molar-refractivity contribution in [1.29, 1.82) is 0 Å². The topological polar surface area (TPSA) is 74.6 Å². The minimum absolute atomic E-state index is 0.0869. The first-order valence-corrected chi connectivity index (χ1v) is 4.99. The van der Waals surface area contributed by atoms with Crippen LogP contribution in [0.5, 0.6) is 0 Å². The molecule has 0 radical (unpaired) electrons. The predicted molar refractivity (Wildman–Crippen MR) is 63.8 cm³/mol. The van der Waals surface area contributed by atoms with Crippen LogP contribution in [-0.4, -0.2) is 22.0 Å². The molecule has 0 atom stereocenters. The van der Waals surface area contributed by atoms with Gasteiger partial charge in [0.1, 0.15) is 5.76 Å². The Labute approximate surface area is 102 Å². The second-order valence-electron chi connectivity index (χ2n) is 3.09. The number of carboxylic acids is 1. The van der Waals surface area contributed by atoms with E-state index in [0.717, 1.165) is 6.08 Å². The number of hydrogen-bond acceptors (Lipinski definition) is 3. The number of carboxylic acid groups (broad SMARTS) is 1. The monoisotopic (exact) mass is 252 g/mol. The number of halogens is 1. The average Bonchev–Trinajstić information content (AvgIpc) is 2.29. The summed E-state index contributed by atoms with van der Waals surface area (Å²) in [6, 6.07) is 6.40. The van der Waals surface area contributed by atoms with E-state index >= 15 is 0 Å². The van der Waals surface area contributed by atoms with Crippen molar-refractivity contribution < 1.29 is 19.8 Å². The van der Waals surface area contributed by atoms with Crippen molar-refractivity contribution in [1.82, 2.24) is 0 Å². The lowest BCUT2D eigenvalue weighted by Gasteiger charge is -1.98. The molecule has 0 fully saturated rings. The van der Waals surface area contributed by atoms with Gasteiger partial charge in [0.05, 0.1) is 0 Å². The lowest BCUT2D eigenvalue weighted by molar-refractivity contribution is -0.146. The Morgan fingerprint density at radius 1 is 1.12 bits per heavy atom. The van der Waals surface area contributed by atoms with Crippen LogP contribution in [0.15, 0.2) is 42.5 Å². The number of allylic oxidation sites excluding steroid dienone is 2. The minimum atomic E-state index is -1.54. The number of ketones is 1. The molecule has 1 aromatic rings. The molecule has 0 spiro atoms. The molecule has 0 saturated carbocycles. The van der Waals surface area contributed by atoms with Gasteiger partial charge in [-0.05, 0) is 36.4 Å². The van der Waals surface area contributed by atoms with Crippen molar-refractivity contribution in [3.8, 4) is 0 Å². The summed E-state index contributed by atoms with van der Waals surface area (Å²) in [6.45, 7) is 0. The second-order valence-corrected chi connectivity index (χ2v) is 3.52. The highest BCUT2D eigenvalue weighted by Gasteiger charge is 2.04. The van der Waals surface area contributed by atoms with E-state index in [4.69, 9.17) is 16.7 Å². The first-order chi connectivity index (χ1) is 8.00. The Hall–Kier alpha value is -2.07. The van der Waals surface area contributed by atoms with E-state index in [-0.39, 0.29) is 5.76 Å². The van der Waals surface area contributed by atoms with Crippen LogP contribution in [0.25, 0.3) is 5.76 Å². The van der Waals surface area contributed by atoms with Crippen molar-refractivity contribution in [2.45, 2.75) is 0 Å². The van der Waals surface area contributed by atoms with E-state index in [1.807, 2.05) is 0 Å². The third-order valence-corrected chi connectivity index (χ3v) is 2.10. The molecule has 1 rings (SSSR count). The summed E-state index contributed by atoms with van der Waals surface area (Å²) in [7, 11) is 0. The van der Waals surface area contributed by atoms with Gasteiger partial charge in [-0.25, -0.2) is 4.79 Å². The maximum absolute atomic E-state index is 10.7. The molecule has 5 heteroatoms. The fourth-order valence-electron chi connectivity index (χ4n) is 1.01. The fourth-order valence-corrected chi connectivity index (χ4v) is 1.14. The molecule has 0 unspecified atom stereocenters. The molecule has 0 aliphatic heterocycles. The van der Waals surface area contributed by atoms with E-state index in [0.29, 0.717) is 10.6 Å². The SMILES string of the molecule is O=C(O)C(=O)/C=C/C=C(\O)c1ccc(Cl)cc1. The number of carbonyl (C=O) groups excluding carboxylic acids is 1. The smallest absolute Gasteiger partial charge is 0.376 e. The maximum Gasteiger partial charge on any atom is 0.376 e. The first-order valence-electron chi connectivity index (χ1n) is 4.61. The zero-order valence-electron chi connectivity index (χ0n) is 8.63. The summed E-state index contributed by atoms with van der Waals surface area (Å²) in [5.41, 5.74) is 0.516. The van der Waals surface area contributed by atoms with Gasteiger partial charge in [0.25, 0.3) is 5.78 Å². The third kappa shape index (κ3) is 4.12. The standard InChI is InChI=1S/C12H9ClO4/c13-9-6-4-8(5-7-9)10(14)2-1-3-11(15)12(16)17/h1-7,14H,(H,16,17)/b3-1+,10-2-. The normalized spacial score (nSPS) is 11.7. The largest absolute Gasteiger partial charge is 0.507 e. The zero-order chi connectivity index (χ0) is 12.8. The molecule has 2 N–H and O–H groups in total. The van der Waals surface area contributed by atoms with E-state index < -0.39 is 11.8 Å². The Morgan fingerprint density at radius 2 is 1.71 bits per heavy atom. The number of rotatable bonds is 4. The van der Waals surface area contributed by atoms with Crippen molar-refractivity contribution >= 4 is 29.1 Å². The van der Waals surface area contributed by atoms with Crippen molar-refractivity contribution in [3.63, 3.8) is 0 Å². The van der Waals surface area contributed by atoms with Crippen LogP contribution in [0.2, 0.25) is 5.02 Å². The van der Waals surface area contributed by atoms with Gasteiger partial charge in [0, 0.05) is 10.6 Å². The van der Waals surface area contributed by atoms with E-state index in [1.165, 1.54) is 12.2 Å². The molecular weight excluding hydrogens is 244 g/mol. The molecule has 0 saturated heterocycles. The Morgan fingerprint density at radius 3 is 2.24 bits per heavy atom. The summed E-state index contributed by atoms with van der Waals surface area (Å²) >= 11 is 5.67. The Bertz CT molecular complexity index is 486. The number of aliphatic hydroxyl groups is 1. The molecule has 0 aliphatic rings. The van der Waals surface area contributed by atoms with Crippen LogP contribution in [0, 0.1) is 0 Å². The molecule has 1 aromatic carbocycles. The lowest BCUT2D eigenvalue weighted by Crippen LogP contribution is -2.08. The number of hydrogen-bond donors (Lipinski definition) is 2. The molecule has 0 aliphatic carbocycles. The molecule has 0 amide bonds. The third-order valence-electron chi connectivity index (χ3n) is 1.85. The summed E-state index contributed by atoms with van der Waals surface area (Å²) in [5.74, 6) is -2.68. The van der Waals surface area contributed by atoms with Crippen LogP contribution >= 0.6 is 11.6 Å². The van der Waals surface area contributed by atoms with Gasteiger partial charge < -0.3 is 10.2 Å². The van der Waals surface area contributed by atoms with Gasteiger partial charge in [-0.3, -0.25) is 4.79 Å². The summed E-state index contributed by atoms with van der Waals surface area (Å²) in [5, 5.41) is 18.4. The number of aliphatic hydroxyl groups excluding tert-OH is 1. The van der Waals surface area contributed by atoms with E-state index in [2.05, 4.69) is 0 Å². The highest BCUT2D eigenvalue weighted by Crippen LogP contribution is 2.15. The van der Waals surface area contributed by atoms with Crippen molar-refractivity contribution in [2.75, 3.05) is 0 Å². The quantitative estimate of drug-likeness (QED) is 0.374. The maximum atomic E-state index is 10.7. The Kier molecular flexibility index (Phi) is 4.48. The molecule has 0 bridgehead atoms. The van der Waals surface area contributed by atoms with Crippen LogP contribution in [0.3, 0.4) is 0 Å². The fraction of sp³-hybridized carbons (Fsp3) is 0. The number of benzene rings is 1. The predicted octanol–water partition coefficient (Wildman–Crippen LogP) is 2.45. The molecule has 88 valence electrons. The highest BCUT2D eigenvalue weighted by atomic mass is 35.5. The van der Waals surface area contributed by atoms with Crippen LogP contribution < -0.4 is 0 Å². The Balaban J connectivity index is 2.76. The van der Waals surface area contributed by atoms with E-state index in [9.17, 15) is 14.7 Å². The second kappa shape index (κ2) is 5.86. The van der Waals surface area contributed by atoms with E-state index in [1.54, 1.807) is 24.3 Å². The van der Waals surface area contributed by atoms with Crippen LogP contribution in [0.1, 0.15) is 5.56 Å². The average molecular weight is 253 g/mol. The van der Waals surface area contributed by atoms with Crippen LogP contribution in [-0.2, 0) is 9.59 Å². The minimum Gasteiger partial charge on any atom is -0.507 e. The van der Waals surface area contributed by atoms with Crippen molar-refractivity contribution in [3.05, 3.63) is 53.1 Å². The molecular formula is C12H9ClO4. The summed E-state index contributed by atoms with van der Waals surface area (Å²) in [6.07, 6.45) is 3.25. The van der Waals surface area contributed by atoms with Gasteiger partial charge >= 0.3 is 5.97 Å². The molecule has 4 nitrogen and oxygen atoms in total. The van der Waals surface area contributed by atoms with Gasteiger partial charge in [-0.1, -0.05) is 17.7 Å². The molecule has 17 heavy (non-hydrogen) atoms. The van der Waals surface area contributed by atoms with Gasteiger partial charge in [-0.2, -0.15) is 0 Å².